The van der Waals surface area contributed by atoms with Gasteiger partial charge in [-0.1, -0.05) is 12.1 Å². The van der Waals surface area contributed by atoms with E-state index >= 15 is 0 Å². The molecular formula is C19H28N2O3. The third-order valence-corrected chi connectivity index (χ3v) is 4.68. The minimum atomic E-state index is -0.0833. The second kappa shape index (κ2) is 9.30. The summed E-state index contributed by atoms with van der Waals surface area (Å²) in [5.74, 6) is 1.65. The van der Waals surface area contributed by atoms with Gasteiger partial charge in [-0.3, -0.25) is 9.59 Å². The van der Waals surface area contributed by atoms with Crippen LogP contribution in [0.1, 0.15) is 38.2 Å². The Balaban J connectivity index is 1.66. The second-order valence-corrected chi connectivity index (χ2v) is 6.44. The summed E-state index contributed by atoms with van der Waals surface area (Å²) in [4.78, 5) is 24.9. The van der Waals surface area contributed by atoms with Crippen LogP contribution in [0.25, 0.3) is 0 Å². The van der Waals surface area contributed by atoms with E-state index in [1.165, 1.54) is 18.9 Å². The molecule has 1 aliphatic heterocycles. The summed E-state index contributed by atoms with van der Waals surface area (Å²) in [5, 5.41) is 2.68. The second-order valence-electron chi connectivity index (χ2n) is 6.44. The molecule has 1 N–H and O–H groups in total. The highest BCUT2D eigenvalue weighted by Crippen LogP contribution is 2.23. The molecule has 0 spiro atoms. The van der Waals surface area contributed by atoms with Gasteiger partial charge in [0.15, 0.2) is 0 Å². The topological polar surface area (TPSA) is 58.6 Å². The van der Waals surface area contributed by atoms with E-state index in [9.17, 15) is 9.59 Å². The van der Waals surface area contributed by atoms with Crippen LogP contribution in [0.15, 0.2) is 24.3 Å². The number of amides is 2. The average Bonchev–Trinajstić information content (AvgIpc) is 2.60. The maximum Gasteiger partial charge on any atom is 0.224 e. The van der Waals surface area contributed by atoms with Crippen LogP contribution in [0.5, 0.6) is 5.75 Å². The fraction of sp³-hybridized carbons (Fsp3) is 0.579. The minimum Gasteiger partial charge on any atom is -0.497 e. The van der Waals surface area contributed by atoms with Gasteiger partial charge in [0.25, 0.3) is 0 Å². The molecule has 1 saturated heterocycles. The van der Waals surface area contributed by atoms with Crippen LogP contribution >= 0.6 is 0 Å². The Hall–Kier alpha value is -2.04. The molecule has 0 saturated carbocycles. The van der Waals surface area contributed by atoms with Gasteiger partial charge < -0.3 is 15.0 Å². The van der Waals surface area contributed by atoms with Gasteiger partial charge in [-0.15, -0.1) is 0 Å². The first-order valence-electron chi connectivity index (χ1n) is 8.73. The fourth-order valence-corrected chi connectivity index (χ4v) is 3.14. The van der Waals surface area contributed by atoms with E-state index in [1.54, 1.807) is 7.11 Å². The van der Waals surface area contributed by atoms with Crippen LogP contribution in [0.4, 0.5) is 0 Å². The zero-order chi connectivity index (χ0) is 17.4. The van der Waals surface area contributed by atoms with E-state index in [1.807, 2.05) is 17.0 Å². The Morgan fingerprint density at radius 3 is 2.46 bits per heavy atom. The van der Waals surface area contributed by atoms with E-state index in [2.05, 4.69) is 17.4 Å². The number of carbonyl (C=O) groups is 2. The molecule has 0 aliphatic carbocycles. The maximum absolute atomic E-state index is 12.1. The molecule has 0 unspecified atom stereocenters. The van der Waals surface area contributed by atoms with Crippen molar-refractivity contribution in [2.75, 3.05) is 26.7 Å². The van der Waals surface area contributed by atoms with Crippen LogP contribution in [-0.2, 0) is 16.0 Å². The number of piperidine rings is 1. The van der Waals surface area contributed by atoms with Gasteiger partial charge in [-0.2, -0.15) is 0 Å². The molecular weight excluding hydrogens is 304 g/mol. The molecule has 24 heavy (non-hydrogen) atoms. The molecule has 5 heteroatoms. The normalized spacial score (nSPS) is 15.2. The first-order valence-corrected chi connectivity index (χ1v) is 8.73. The monoisotopic (exact) mass is 332 g/mol. The first-order chi connectivity index (χ1) is 11.6. The fourth-order valence-electron chi connectivity index (χ4n) is 3.14. The quantitative estimate of drug-likeness (QED) is 0.834. The highest BCUT2D eigenvalue weighted by Gasteiger charge is 2.22. The number of hydrogen-bond donors (Lipinski definition) is 1. The lowest BCUT2D eigenvalue weighted by Gasteiger charge is -2.32. The van der Waals surface area contributed by atoms with Crippen LogP contribution < -0.4 is 10.1 Å². The number of ether oxygens (including phenoxy) is 1. The SMILES string of the molecule is COc1ccc(CCC2CCN(C(=O)CCNC(C)=O)CC2)cc1. The molecule has 2 rings (SSSR count). The van der Waals surface area contributed by atoms with Crippen molar-refractivity contribution in [3.63, 3.8) is 0 Å². The third kappa shape index (κ3) is 5.87. The standard InChI is InChI=1S/C19H28N2O3/c1-15(22)20-12-9-19(23)21-13-10-17(11-14-21)4-3-16-5-7-18(24-2)8-6-16/h5-8,17H,3-4,9-14H2,1-2H3,(H,20,22). The van der Waals surface area contributed by atoms with Gasteiger partial charge in [-0.05, 0) is 49.3 Å². The van der Waals surface area contributed by atoms with Gasteiger partial charge in [-0.25, -0.2) is 0 Å². The first kappa shape index (κ1) is 18.3. The minimum absolute atomic E-state index is 0.0833. The van der Waals surface area contributed by atoms with Gasteiger partial charge >= 0.3 is 0 Å². The van der Waals surface area contributed by atoms with Gasteiger partial charge in [0.1, 0.15) is 5.75 Å². The Kier molecular flexibility index (Phi) is 7.09. The summed E-state index contributed by atoms with van der Waals surface area (Å²) < 4.78 is 5.18. The largest absolute Gasteiger partial charge is 0.497 e. The summed E-state index contributed by atoms with van der Waals surface area (Å²) in [6.45, 7) is 3.59. The zero-order valence-electron chi connectivity index (χ0n) is 14.7. The number of carbonyl (C=O) groups excluding carboxylic acids is 2. The average molecular weight is 332 g/mol. The number of nitrogens with zero attached hydrogens (tertiary/aromatic N) is 1. The number of nitrogens with one attached hydrogen (secondary N) is 1. The van der Waals surface area contributed by atoms with E-state index < -0.39 is 0 Å². The lowest BCUT2D eigenvalue weighted by Crippen LogP contribution is -2.40. The summed E-state index contributed by atoms with van der Waals surface area (Å²) in [6, 6.07) is 8.26. The van der Waals surface area contributed by atoms with Crippen molar-refractivity contribution in [2.24, 2.45) is 5.92 Å². The van der Waals surface area contributed by atoms with Crippen molar-refractivity contribution < 1.29 is 14.3 Å². The smallest absolute Gasteiger partial charge is 0.224 e. The molecule has 0 atom stereocenters. The van der Waals surface area contributed by atoms with Crippen molar-refractivity contribution in [1.82, 2.24) is 10.2 Å². The summed E-state index contributed by atoms with van der Waals surface area (Å²) in [5.41, 5.74) is 1.34. The Labute approximate surface area is 144 Å². The highest BCUT2D eigenvalue weighted by atomic mass is 16.5. The molecule has 1 aliphatic rings. The van der Waals surface area contributed by atoms with Crippen LogP contribution in [0, 0.1) is 5.92 Å². The molecule has 132 valence electrons. The van der Waals surface area contributed by atoms with Gasteiger partial charge in [0.05, 0.1) is 7.11 Å². The van der Waals surface area contributed by atoms with E-state index in [0.29, 0.717) is 18.9 Å². The predicted molar refractivity (Wildman–Crippen MR) is 93.9 cm³/mol. The van der Waals surface area contributed by atoms with Crippen molar-refractivity contribution >= 4 is 11.8 Å². The number of likely N-dealkylation sites (tertiary alicyclic amines) is 1. The molecule has 2 amide bonds. The van der Waals surface area contributed by atoms with Crippen LogP contribution in [-0.4, -0.2) is 43.5 Å². The Bertz CT molecular complexity index is 534. The molecule has 1 heterocycles. The van der Waals surface area contributed by atoms with Crippen LogP contribution in [0.3, 0.4) is 0 Å². The predicted octanol–water partition coefficient (Wildman–Crippen LogP) is 2.39. The van der Waals surface area contributed by atoms with E-state index in [0.717, 1.165) is 38.1 Å². The number of rotatable bonds is 7. The summed E-state index contributed by atoms with van der Waals surface area (Å²) in [6.07, 6.45) is 4.78. The number of benzene rings is 1. The highest BCUT2D eigenvalue weighted by molar-refractivity contribution is 5.78. The molecule has 1 aromatic rings. The Morgan fingerprint density at radius 1 is 1.21 bits per heavy atom. The number of hydrogen-bond acceptors (Lipinski definition) is 3. The molecule has 5 nitrogen and oxygen atoms in total. The van der Waals surface area contributed by atoms with E-state index in [-0.39, 0.29) is 11.8 Å². The zero-order valence-corrected chi connectivity index (χ0v) is 14.7. The maximum atomic E-state index is 12.1. The van der Waals surface area contributed by atoms with Crippen molar-refractivity contribution in [2.45, 2.75) is 39.0 Å². The molecule has 0 aromatic heterocycles. The lowest BCUT2D eigenvalue weighted by molar-refractivity contribution is -0.132. The van der Waals surface area contributed by atoms with E-state index in [4.69, 9.17) is 4.74 Å². The third-order valence-electron chi connectivity index (χ3n) is 4.68. The molecule has 0 bridgehead atoms. The number of methoxy groups -OCH3 is 1. The molecule has 0 radical (unpaired) electrons. The Morgan fingerprint density at radius 2 is 1.88 bits per heavy atom. The molecule has 1 aromatic carbocycles. The van der Waals surface area contributed by atoms with Gasteiger partial charge in [0.2, 0.25) is 11.8 Å². The van der Waals surface area contributed by atoms with Crippen molar-refractivity contribution in [3.8, 4) is 5.75 Å². The van der Waals surface area contributed by atoms with Crippen molar-refractivity contribution in [3.05, 3.63) is 29.8 Å². The molecule has 1 fully saturated rings. The summed E-state index contributed by atoms with van der Waals surface area (Å²) in [7, 11) is 1.68. The van der Waals surface area contributed by atoms with Crippen LogP contribution in [0.2, 0.25) is 0 Å². The van der Waals surface area contributed by atoms with Gasteiger partial charge in [0, 0.05) is 33.0 Å². The van der Waals surface area contributed by atoms with Crippen molar-refractivity contribution in [1.29, 1.82) is 0 Å². The lowest BCUT2D eigenvalue weighted by atomic mass is 9.90. The summed E-state index contributed by atoms with van der Waals surface area (Å²) >= 11 is 0. The number of aryl methyl sites for hydroxylation is 1.